The van der Waals surface area contributed by atoms with Crippen molar-refractivity contribution in [3.05, 3.63) is 96.6 Å². The molecule has 5 rings (SSSR count). The third-order valence-electron chi connectivity index (χ3n) is 6.94. The Morgan fingerprint density at radius 3 is 2.20 bits per heavy atom. The number of para-hydroxylation sites is 1. The first-order chi connectivity index (χ1) is 19.9. The molecule has 1 unspecified atom stereocenters. The first-order valence-electron chi connectivity index (χ1n) is 13.6. The van der Waals surface area contributed by atoms with Crippen molar-refractivity contribution >= 4 is 79.7 Å². The van der Waals surface area contributed by atoms with Gasteiger partial charge in [0.1, 0.15) is 0 Å². The van der Waals surface area contributed by atoms with E-state index in [1.807, 2.05) is 49.4 Å². The number of benzene rings is 4. The van der Waals surface area contributed by atoms with Crippen LogP contribution < -0.4 is 16.0 Å². The zero-order valence-corrected chi connectivity index (χ0v) is 24.9. The number of ketones is 1. The lowest BCUT2D eigenvalue weighted by molar-refractivity contribution is -0.115. The molecular weight excluding hydrogens is 549 g/mol. The van der Waals surface area contributed by atoms with Crippen molar-refractivity contribution in [2.24, 2.45) is 0 Å². The number of nitrogens with zero attached hydrogens (tertiary/aromatic N) is 1. The molecule has 0 radical (unpaired) electrons. The maximum absolute atomic E-state index is 13.3. The van der Waals surface area contributed by atoms with Gasteiger partial charge in [0.05, 0.1) is 5.25 Å². The molecule has 0 fully saturated rings. The molecule has 0 saturated heterocycles. The number of nitrogens with one attached hydrogen (secondary N) is 3. The van der Waals surface area contributed by atoms with Crippen LogP contribution in [-0.2, 0) is 11.3 Å². The Bertz CT molecular complexity index is 1740. The van der Waals surface area contributed by atoms with Crippen LogP contribution in [0.3, 0.4) is 0 Å². The summed E-state index contributed by atoms with van der Waals surface area (Å²) >= 11 is 7.01. The van der Waals surface area contributed by atoms with E-state index >= 15 is 0 Å². The number of Topliss-reactive ketones (excluding diaryl/α,β-unsaturated/α-hetero) is 1. The van der Waals surface area contributed by atoms with Gasteiger partial charge in [0.15, 0.2) is 10.9 Å². The topological polar surface area (TPSA) is 75.2 Å². The van der Waals surface area contributed by atoms with Crippen molar-refractivity contribution < 1.29 is 9.59 Å². The second-order valence-corrected chi connectivity index (χ2v) is 11.4. The number of hydrogen-bond acceptors (Lipinski definition) is 4. The normalized spacial score (nSPS) is 11.8. The number of carbonyl (C=O) groups excluding carboxylic acids is 2. The number of hydrogen-bond donors (Lipinski definition) is 3. The minimum atomic E-state index is -0.261. The molecule has 41 heavy (non-hydrogen) atoms. The van der Waals surface area contributed by atoms with Crippen LogP contribution in [0.15, 0.2) is 95.9 Å². The number of carbonyl (C=O) groups is 2. The number of aromatic nitrogens is 1. The number of thiocarbonyl (C=S) groups is 1. The molecule has 1 atom stereocenters. The molecule has 1 heterocycles. The van der Waals surface area contributed by atoms with E-state index in [1.165, 1.54) is 22.7 Å². The van der Waals surface area contributed by atoms with Crippen LogP contribution in [0.2, 0.25) is 0 Å². The maximum atomic E-state index is 13.3. The van der Waals surface area contributed by atoms with Crippen molar-refractivity contribution in [1.29, 1.82) is 0 Å². The van der Waals surface area contributed by atoms with E-state index in [-0.39, 0.29) is 16.9 Å². The average Bonchev–Trinajstić information content (AvgIpc) is 3.29. The van der Waals surface area contributed by atoms with Gasteiger partial charge in [-0.25, -0.2) is 0 Å². The second kappa shape index (κ2) is 12.6. The standard InChI is InChI=1S/C33H32N4O2S2/c1-4-31(32(39)34-25-17-18-30-28(20-25)27-11-6-7-12-29(27)37(30)5-2)41-26-10-8-9-24(19-26)36-33(40)35-23-15-13-22(14-16-23)21(3)38/h6-20,31H,4-5H2,1-3H3,(H,34,39)(H2,35,36,40). The van der Waals surface area contributed by atoms with Crippen molar-refractivity contribution in [3.63, 3.8) is 0 Å². The number of thioether (sulfide) groups is 1. The Morgan fingerprint density at radius 1 is 0.780 bits per heavy atom. The summed E-state index contributed by atoms with van der Waals surface area (Å²) in [7, 11) is 0. The van der Waals surface area contributed by atoms with E-state index in [2.05, 4.69) is 63.8 Å². The molecule has 3 N–H and O–H groups in total. The number of anilines is 3. The molecule has 1 amide bonds. The lowest BCUT2D eigenvalue weighted by atomic mass is 10.1. The summed E-state index contributed by atoms with van der Waals surface area (Å²) in [5, 5.41) is 12.0. The predicted octanol–water partition coefficient (Wildman–Crippen LogP) is 8.34. The molecule has 1 aromatic heterocycles. The molecular formula is C33H32N4O2S2. The fraction of sp³-hybridized carbons (Fsp3) is 0.182. The fourth-order valence-corrected chi connectivity index (χ4v) is 6.16. The van der Waals surface area contributed by atoms with E-state index in [0.717, 1.165) is 39.4 Å². The number of aryl methyl sites for hydroxylation is 1. The van der Waals surface area contributed by atoms with E-state index in [1.54, 1.807) is 19.1 Å². The van der Waals surface area contributed by atoms with Crippen LogP contribution in [0.1, 0.15) is 37.6 Å². The fourth-order valence-electron chi connectivity index (χ4n) is 4.91. The van der Waals surface area contributed by atoms with Crippen LogP contribution in [-0.4, -0.2) is 26.6 Å². The van der Waals surface area contributed by atoms with Crippen LogP contribution in [0.5, 0.6) is 0 Å². The highest BCUT2D eigenvalue weighted by atomic mass is 32.2. The van der Waals surface area contributed by atoms with Gasteiger partial charge in [0.2, 0.25) is 5.91 Å². The van der Waals surface area contributed by atoms with Gasteiger partial charge in [-0.2, -0.15) is 0 Å². The summed E-state index contributed by atoms with van der Waals surface area (Å²) in [4.78, 5) is 25.8. The monoisotopic (exact) mass is 580 g/mol. The molecule has 208 valence electrons. The van der Waals surface area contributed by atoms with Gasteiger partial charge in [-0.1, -0.05) is 31.2 Å². The molecule has 6 nitrogen and oxygen atoms in total. The SMILES string of the molecule is CCC(Sc1cccc(NC(=S)Nc2ccc(C(C)=O)cc2)c1)C(=O)Nc1ccc2c(c1)c1ccccc1n2CC. The number of amides is 1. The Morgan fingerprint density at radius 2 is 1.46 bits per heavy atom. The van der Waals surface area contributed by atoms with Crippen LogP contribution in [0, 0.1) is 0 Å². The van der Waals surface area contributed by atoms with Gasteiger partial charge in [-0.15, -0.1) is 11.8 Å². The second-order valence-electron chi connectivity index (χ2n) is 9.74. The molecule has 5 aromatic rings. The molecule has 0 saturated carbocycles. The Labute approximate surface area is 249 Å². The van der Waals surface area contributed by atoms with Gasteiger partial charge in [0, 0.05) is 55.9 Å². The molecule has 0 aliphatic rings. The summed E-state index contributed by atoms with van der Waals surface area (Å²) in [5.41, 5.74) is 5.42. The molecule has 0 spiro atoms. The highest BCUT2D eigenvalue weighted by molar-refractivity contribution is 8.00. The first kappa shape index (κ1) is 28.4. The summed E-state index contributed by atoms with van der Waals surface area (Å²) in [5.74, 6) is -0.00682. The Hall–Kier alpha value is -4.14. The van der Waals surface area contributed by atoms with Crippen molar-refractivity contribution in [2.75, 3.05) is 16.0 Å². The zero-order chi connectivity index (χ0) is 28.9. The Kier molecular flexibility index (Phi) is 8.71. The first-order valence-corrected chi connectivity index (χ1v) is 14.9. The molecule has 0 bridgehead atoms. The summed E-state index contributed by atoms with van der Waals surface area (Å²) in [6.07, 6.45) is 0.682. The molecule has 0 aliphatic carbocycles. The van der Waals surface area contributed by atoms with E-state index < -0.39 is 0 Å². The van der Waals surface area contributed by atoms with E-state index in [0.29, 0.717) is 17.1 Å². The lowest BCUT2D eigenvalue weighted by Gasteiger charge is -2.16. The van der Waals surface area contributed by atoms with Crippen molar-refractivity contribution in [3.8, 4) is 0 Å². The minimum absolute atomic E-state index is 0.0204. The molecule has 0 aliphatic heterocycles. The highest BCUT2D eigenvalue weighted by Crippen LogP contribution is 2.32. The van der Waals surface area contributed by atoms with Crippen LogP contribution >= 0.6 is 24.0 Å². The molecule has 8 heteroatoms. The van der Waals surface area contributed by atoms with Gasteiger partial charge in [-0.05, 0) is 99.2 Å². The lowest BCUT2D eigenvalue weighted by Crippen LogP contribution is -2.24. The molecule has 4 aromatic carbocycles. The van der Waals surface area contributed by atoms with Gasteiger partial charge >= 0.3 is 0 Å². The minimum Gasteiger partial charge on any atom is -0.341 e. The van der Waals surface area contributed by atoms with Crippen LogP contribution in [0.4, 0.5) is 17.1 Å². The van der Waals surface area contributed by atoms with Crippen molar-refractivity contribution in [1.82, 2.24) is 4.57 Å². The van der Waals surface area contributed by atoms with Crippen LogP contribution in [0.25, 0.3) is 21.8 Å². The van der Waals surface area contributed by atoms with E-state index in [4.69, 9.17) is 12.2 Å². The summed E-state index contributed by atoms with van der Waals surface area (Å²) in [6, 6.07) is 29.5. The van der Waals surface area contributed by atoms with Gasteiger partial charge in [-0.3, -0.25) is 9.59 Å². The third-order valence-corrected chi connectivity index (χ3v) is 8.50. The third kappa shape index (κ3) is 6.45. The Balaban J connectivity index is 1.25. The number of rotatable bonds is 9. The van der Waals surface area contributed by atoms with E-state index in [9.17, 15) is 9.59 Å². The zero-order valence-electron chi connectivity index (χ0n) is 23.2. The summed E-state index contributed by atoms with van der Waals surface area (Å²) < 4.78 is 2.30. The largest absolute Gasteiger partial charge is 0.341 e. The smallest absolute Gasteiger partial charge is 0.237 e. The van der Waals surface area contributed by atoms with Gasteiger partial charge < -0.3 is 20.5 Å². The van der Waals surface area contributed by atoms with Gasteiger partial charge in [0.25, 0.3) is 0 Å². The maximum Gasteiger partial charge on any atom is 0.237 e. The highest BCUT2D eigenvalue weighted by Gasteiger charge is 2.19. The quantitative estimate of drug-likeness (QED) is 0.0925. The average molecular weight is 581 g/mol. The van der Waals surface area contributed by atoms with Crippen molar-refractivity contribution in [2.45, 2.75) is 43.9 Å². The number of fused-ring (bicyclic) bond motifs is 3. The predicted molar refractivity (Wildman–Crippen MR) is 176 cm³/mol. The summed E-state index contributed by atoms with van der Waals surface area (Å²) in [6.45, 7) is 6.59.